The topological polar surface area (TPSA) is 57.5 Å². The molecule has 2 rings (SSSR count). The molecule has 0 bridgehead atoms. The van der Waals surface area contributed by atoms with Crippen LogP contribution in [0.4, 0.5) is 0 Å². The summed E-state index contributed by atoms with van der Waals surface area (Å²) in [6, 6.07) is 0.310. The number of hydrogen-bond acceptors (Lipinski definition) is 6. The van der Waals surface area contributed by atoms with E-state index in [9.17, 15) is 4.79 Å². The van der Waals surface area contributed by atoms with E-state index in [4.69, 9.17) is 4.74 Å². The number of guanidine groups is 1. The Morgan fingerprint density at radius 2 is 2.44 bits per heavy atom. The molecule has 100 valence electrons. The van der Waals surface area contributed by atoms with Crippen LogP contribution in [0.1, 0.15) is 33.1 Å². The van der Waals surface area contributed by atoms with Gasteiger partial charge in [0.25, 0.3) is 0 Å². The predicted octanol–water partition coefficient (Wildman–Crippen LogP) is 1.04. The number of carbonyl (C=O) groups excluding carboxylic acids is 1. The van der Waals surface area contributed by atoms with E-state index in [0.717, 1.165) is 25.8 Å². The van der Waals surface area contributed by atoms with Crippen molar-refractivity contribution in [1.29, 1.82) is 0 Å². The number of carbonyl (C=O) groups is 1. The Morgan fingerprint density at radius 3 is 3.22 bits per heavy atom. The third kappa shape index (κ3) is 3.00. The fourth-order valence-electron chi connectivity index (χ4n) is 1.90. The molecule has 0 aromatic heterocycles. The van der Waals surface area contributed by atoms with Gasteiger partial charge in [-0.25, -0.2) is 9.98 Å². The Balaban J connectivity index is 1.83. The summed E-state index contributed by atoms with van der Waals surface area (Å²) in [6.45, 7) is 5.70. The van der Waals surface area contributed by atoms with Gasteiger partial charge in [0.1, 0.15) is 12.9 Å². The van der Waals surface area contributed by atoms with Gasteiger partial charge in [-0.2, -0.15) is 0 Å². The van der Waals surface area contributed by atoms with Crippen LogP contribution in [0.3, 0.4) is 0 Å². The summed E-state index contributed by atoms with van der Waals surface area (Å²) in [5.41, 5.74) is 0. The molecule has 0 spiro atoms. The molecule has 2 aliphatic heterocycles. The van der Waals surface area contributed by atoms with E-state index in [2.05, 4.69) is 23.8 Å². The summed E-state index contributed by atoms with van der Waals surface area (Å²) >= 11 is 0. The second-order valence-corrected chi connectivity index (χ2v) is 4.61. The lowest BCUT2D eigenvalue weighted by Crippen LogP contribution is -2.46. The minimum atomic E-state index is -0.213. The van der Waals surface area contributed by atoms with Gasteiger partial charge < -0.3 is 4.74 Å². The van der Waals surface area contributed by atoms with Crippen LogP contribution in [0.2, 0.25) is 0 Å². The Hall–Kier alpha value is -1.59. The third-order valence-electron chi connectivity index (χ3n) is 2.99. The molecule has 0 aromatic carbocycles. The molecule has 6 nitrogen and oxygen atoms in total. The number of fused-ring (bicyclic) bond motifs is 1. The van der Waals surface area contributed by atoms with Crippen molar-refractivity contribution in [2.24, 2.45) is 9.98 Å². The number of hydrogen-bond donors (Lipinski definition) is 0. The molecule has 0 saturated heterocycles. The average molecular weight is 252 g/mol. The summed E-state index contributed by atoms with van der Waals surface area (Å²) in [6.07, 6.45) is 4.57. The first kappa shape index (κ1) is 12.9. The summed E-state index contributed by atoms with van der Waals surface area (Å²) in [4.78, 5) is 20.3. The van der Waals surface area contributed by atoms with Crippen molar-refractivity contribution < 1.29 is 9.53 Å². The monoisotopic (exact) mass is 252 g/mol. The molecule has 0 N–H and O–H groups in total. The SMILES string of the molecule is CCCCOC(=O)CN1C=NC2=NC(C)CCN21. The Morgan fingerprint density at radius 1 is 1.61 bits per heavy atom. The lowest BCUT2D eigenvalue weighted by Gasteiger charge is -2.31. The first-order chi connectivity index (χ1) is 8.70. The fraction of sp³-hybridized carbons (Fsp3) is 0.750. The van der Waals surface area contributed by atoms with Gasteiger partial charge in [0.05, 0.1) is 12.6 Å². The number of rotatable bonds is 5. The molecule has 0 aliphatic carbocycles. The van der Waals surface area contributed by atoms with Crippen molar-refractivity contribution in [3.63, 3.8) is 0 Å². The van der Waals surface area contributed by atoms with Gasteiger partial charge in [-0.3, -0.25) is 14.8 Å². The maximum Gasteiger partial charge on any atom is 0.327 e. The zero-order valence-electron chi connectivity index (χ0n) is 11.0. The van der Waals surface area contributed by atoms with Crippen molar-refractivity contribution in [3.8, 4) is 0 Å². The molecule has 2 aliphatic rings. The van der Waals surface area contributed by atoms with Gasteiger partial charge in [-0.15, -0.1) is 0 Å². The predicted molar refractivity (Wildman–Crippen MR) is 69.3 cm³/mol. The van der Waals surface area contributed by atoms with Gasteiger partial charge in [0.2, 0.25) is 5.96 Å². The van der Waals surface area contributed by atoms with Crippen LogP contribution < -0.4 is 0 Å². The van der Waals surface area contributed by atoms with Crippen LogP contribution in [0.15, 0.2) is 9.98 Å². The third-order valence-corrected chi connectivity index (χ3v) is 2.99. The van der Waals surface area contributed by atoms with E-state index in [1.807, 2.05) is 5.01 Å². The highest BCUT2D eigenvalue weighted by Crippen LogP contribution is 2.16. The zero-order valence-corrected chi connectivity index (χ0v) is 11.0. The molecular weight excluding hydrogens is 232 g/mol. The van der Waals surface area contributed by atoms with Crippen LogP contribution in [0.5, 0.6) is 0 Å². The zero-order chi connectivity index (χ0) is 13.0. The smallest absolute Gasteiger partial charge is 0.327 e. The first-order valence-electron chi connectivity index (χ1n) is 6.52. The lowest BCUT2D eigenvalue weighted by atomic mass is 10.2. The highest BCUT2D eigenvalue weighted by atomic mass is 16.5. The summed E-state index contributed by atoms with van der Waals surface area (Å²) in [7, 11) is 0. The molecule has 0 saturated carbocycles. The number of aliphatic imine (C=N–C) groups is 2. The standard InChI is InChI=1S/C12H20N4O2/c1-3-4-7-18-11(17)8-15-9-13-12-14-10(2)5-6-16(12)15/h9-10H,3-8H2,1-2H3. The van der Waals surface area contributed by atoms with E-state index in [0.29, 0.717) is 18.6 Å². The summed E-state index contributed by atoms with van der Waals surface area (Å²) in [5.74, 6) is 0.491. The van der Waals surface area contributed by atoms with E-state index in [1.54, 1.807) is 11.3 Å². The van der Waals surface area contributed by atoms with Crippen LogP contribution in [0, 0.1) is 0 Å². The van der Waals surface area contributed by atoms with E-state index >= 15 is 0 Å². The molecule has 2 heterocycles. The number of hydrazine groups is 1. The van der Waals surface area contributed by atoms with E-state index in [-0.39, 0.29) is 12.5 Å². The quantitative estimate of drug-likeness (QED) is 0.542. The maximum absolute atomic E-state index is 11.6. The van der Waals surface area contributed by atoms with Crippen molar-refractivity contribution in [3.05, 3.63) is 0 Å². The summed E-state index contributed by atoms with van der Waals surface area (Å²) < 4.78 is 5.14. The van der Waals surface area contributed by atoms with Crippen LogP contribution in [0.25, 0.3) is 0 Å². The van der Waals surface area contributed by atoms with Crippen LogP contribution in [-0.4, -0.2) is 54.0 Å². The highest BCUT2D eigenvalue weighted by Gasteiger charge is 2.28. The number of ether oxygens (including phenoxy) is 1. The molecule has 0 amide bonds. The van der Waals surface area contributed by atoms with Gasteiger partial charge >= 0.3 is 5.97 Å². The number of unbranched alkanes of at least 4 members (excludes halogenated alkanes) is 1. The molecule has 1 atom stereocenters. The Bertz CT molecular complexity index is 367. The summed E-state index contributed by atoms with van der Waals surface area (Å²) in [5, 5.41) is 3.71. The minimum absolute atomic E-state index is 0.209. The molecule has 1 unspecified atom stereocenters. The average Bonchev–Trinajstić information content (AvgIpc) is 2.72. The van der Waals surface area contributed by atoms with Crippen LogP contribution in [-0.2, 0) is 9.53 Å². The van der Waals surface area contributed by atoms with E-state index < -0.39 is 0 Å². The normalized spacial score (nSPS) is 21.9. The number of esters is 1. The van der Waals surface area contributed by atoms with E-state index in [1.165, 1.54) is 0 Å². The van der Waals surface area contributed by atoms with Crippen LogP contribution >= 0.6 is 0 Å². The fourth-order valence-corrected chi connectivity index (χ4v) is 1.90. The molecule has 18 heavy (non-hydrogen) atoms. The Labute approximate surface area is 107 Å². The van der Waals surface area contributed by atoms with Crippen molar-refractivity contribution in [2.45, 2.75) is 39.2 Å². The second-order valence-electron chi connectivity index (χ2n) is 4.61. The first-order valence-corrected chi connectivity index (χ1v) is 6.52. The maximum atomic E-state index is 11.6. The molecule has 0 radical (unpaired) electrons. The largest absolute Gasteiger partial charge is 0.464 e. The van der Waals surface area contributed by atoms with Gasteiger partial charge in [-0.05, 0) is 19.8 Å². The van der Waals surface area contributed by atoms with Gasteiger partial charge in [0, 0.05) is 6.54 Å². The molecule has 0 fully saturated rings. The Kier molecular flexibility index (Phi) is 4.17. The minimum Gasteiger partial charge on any atom is -0.464 e. The lowest BCUT2D eigenvalue weighted by molar-refractivity contribution is -0.145. The van der Waals surface area contributed by atoms with Gasteiger partial charge in [0.15, 0.2) is 0 Å². The van der Waals surface area contributed by atoms with Crippen molar-refractivity contribution >= 4 is 18.3 Å². The van der Waals surface area contributed by atoms with Gasteiger partial charge in [-0.1, -0.05) is 13.3 Å². The highest BCUT2D eigenvalue weighted by molar-refractivity contribution is 5.93. The second kappa shape index (κ2) is 5.84. The molecular formula is C12H20N4O2. The molecule has 0 aromatic rings. The van der Waals surface area contributed by atoms with Crippen molar-refractivity contribution in [2.75, 3.05) is 19.7 Å². The van der Waals surface area contributed by atoms with Crippen molar-refractivity contribution in [1.82, 2.24) is 10.0 Å². The number of nitrogens with zero attached hydrogens (tertiary/aromatic N) is 4. The molecule has 6 heteroatoms.